The number of carbonyl (C=O) groups is 1. The average molecular weight is 256 g/mol. The van der Waals surface area contributed by atoms with Crippen LogP contribution in [0.25, 0.3) is 0 Å². The Hall–Kier alpha value is -0.570. The Labute approximate surface area is 113 Å². The number of nitrogens with one attached hydrogen (secondary N) is 1. The third kappa shape index (κ3) is 8.51. The Kier molecular flexibility index (Phi) is 8.25. The summed E-state index contributed by atoms with van der Waals surface area (Å²) >= 11 is 0. The molecule has 0 spiro atoms. The van der Waals surface area contributed by atoms with E-state index in [1.807, 2.05) is 20.8 Å². The first-order valence-electron chi connectivity index (χ1n) is 7.28. The number of unbranched alkanes of at least 4 members (excludes halogenated alkanes) is 3. The highest BCUT2D eigenvalue weighted by atomic mass is 16.2. The van der Waals surface area contributed by atoms with Gasteiger partial charge < -0.3 is 11.1 Å². The van der Waals surface area contributed by atoms with Gasteiger partial charge in [-0.15, -0.1) is 0 Å². The third-order valence-corrected chi connectivity index (χ3v) is 3.22. The summed E-state index contributed by atoms with van der Waals surface area (Å²) in [6.07, 6.45) is 6.12. The van der Waals surface area contributed by atoms with Gasteiger partial charge in [0.2, 0.25) is 5.91 Å². The SMILES string of the molecule is CC(C)CCCCCCNC(=O)[C@@H](N)C(C)(C)C. The van der Waals surface area contributed by atoms with Gasteiger partial charge in [-0.3, -0.25) is 4.79 Å². The zero-order chi connectivity index (χ0) is 14.2. The number of nitrogens with two attached hydrogens (primary N) is 1. The van der Waals surface area contributed by atoms with E-state index < -0.39 is 6.04 Å². The molecule has 1 atom stereocenters. The summed E-state index contributed by atoms with van der Waals surface area (Å²) in [6, 6.07) is -0.418. The molecule has 0 aliphatic rings. The molecule has 0 aliphatic heterocycles. The van der Waals surface area contributed by atoms with Gasteiger partial charge in [0.1, 0.15) is 0 Å². The van der Waals surface area contributed by atoms with E-state index in [0.29, 0.717) is 0 Å². The monoisotopic (exact) mass is 256 g/mol. The normalized spacial score (nSPS) is 13.7. The zero-order valence-corrected chi connectivity index (χ0v) is 12.9. The first kappa shape index (κ1) is 17.4. The van der Waals surface area contributed by atoms with Crippen LogP contribution in [0.15, 0.2) is 0 Å². The molecule has 0 aromatic heterocycles. The van der Waals surface area contributed by atoms with E-state index in [2.05, 4.69) is 19.2 Å². The van der Waals surface area contributed by atoms with Crippen LogP contribution in [0.2, 0.25) is 0 Å². The smallest absolute Gasteiger partial charge is 0.237 e. The van der Waals surface area contributed by atoms with Crippen molar-refractivity contribution in [2.45, 2.75) is 72.8 Å². The Balaban J connectivity index is 3.52. The molecule has 0 fully saturated rings. The molecule has 0 unspecified atom stereocenters. The zero-order valence-electron chi connectivity index (χ0n) is 12.9. The minimum Gasteiger partial charge on any atom is -0.355 e. The van der Waals surface area contributed by atoms with Crippen LogP contribution in [0.1, 0.15) is 66.7 Å². The molecule has 0 rings (SSSR count). The number of hydrogen-bond donors (Lipinski definition) is 2. The van der Waals surface area contributed by atoms with E-state index in [-0.39, 0.29) is 11.3 Å². The average Bonchev–Trinajstić information content (AvgIpc) is 2.24. The van der Waals surface area contributed by atoms with Gasteiger partial charge in [-0.25, -0.2) is 0 Å². The summed E-state index contributed by atoms with van der Waals surface area (Å²) in [5, 5.41) is 2.92. The number of rotatable bonds is 8. The largest absolute Gasteiger partial charge is 0.355 e. The van der Waals surface area contributed by atoms with E-state index in [1.165, 1.54) is 25.7 Å². The Morgan fingerprint density at radius 3 is 2.17 bits per heavy atom. The lowest BCUT2D eigenvalue weighted by molar-refractivity contribution is -0.124. The van der Waals surface area contributed by atoms with Crippen molar-refractivity contribution < 1.29 is 4.79 Å². The minimum absolute atomic E-state index is 0.0234. The molecule has 0 heterocycles. The highest BCUT2D eigenvalue weighted by molar-refractivity contribution is 5.82. The van der Waals surface area contributed by atoms with Gasteiger partial charge in [0.15, 0.2) is 0 Å². The molecular formula is C15H32N2O. The van der Waals surface area contributed by atoms with Crippen molar-refractivity contribution in [3.63, 3.8) is 0 Å². The predicted octanol–water partition coefficient (Wildman–Crippen LogP) is 3.08. The second-order valence-corrected chi connectivity index (χ2v) is 6.73. The van der Waals surface area contributed by atoms with Gasteiger partial charge in [0.05, 0.1) is 6.04 Å². The molecule has 0 saturated carbocycles. The molecule has 3 heteroatoms. The van der Waals surface area contributed by atoms with Crippen LogP contribution in [0.4, 0.5) is 0 Å². The molecule has 1 amide bonds. The predicted molar refractivity (Wildman–Crippen MR) is 78.4 cm³/mol. The molecule has 3 nitrogen and oxygen atoms in total. The van der Waals surface area contributed by atoms with E-state index in [4.69, 9.17) is 5.73 Å². The fraction of sp³-hybridized carbons (Fsp3) is 0.933. The lowest BCUT2D eigenvalue weighted by Gasteiger charge is -2.25. The number of carbonyl (C=O) groups excluding carboxylic acids is 1. The third-order valence-electron chi connectivity index (χ3n) is 3.22. The highest BCUT2D eigenvalue weighted by Crippen LogP contribution is 2.17. The fourth-order valence-corrected chi connectivity index (χ4v) is 1.75. The first-order chi connectivity index (χ1) is 8.25. The molecule has 3 N–H and O–H groups in total. The summed E-state index contributed by atoms with van der Waals surface area (Å²) in [6.45, 7) is 11.2. The molecule has 18 heavy (non-hydrogen) atoms. The second kappa shape index (κ2) is 8.52. The number of hydrogen-bond acceptors (Lipinski definition) is 2. The van der Waals surface area contributed by atoms with Gasteiger partial charge in [-0.05, 0) is 17.8 Å². The van der Waals surface area contributed by atoms with Crippen LogP contribution in [0.3, 0.4) is 0 Å². The lowest BCUT2D eigenvalue weighted by Crippen LogP contribution is -2.48. The van der Waals surface area contributed by atoms with Crippen LogP contribution in [0, 0.1) is 11.3 Å². The van der Waals surface area contributed by atoms with Crippen LogP contribution in [0.5, 0.6) is 0 Å². The van der Waals surface area contributed by atoms with Crippen molar-refractivity contribution in [1.82, 2.24) is 5.32 Å². The molecule has 0 aromatic rings. The van der Waals surface area contributed by atoms with Gasteiger partial charge in [0.25, 0.3) is 0 Å². The molecule has 0 saturated heterocycles. The Morgan fingerprint density at radius 1 is 1.11 bits per heavy atom. The molecular weight excluding hydrogens is 224 g/mol. The van der Waals surface area contributed by atoms with Gasteiger partial charge in [-0.2, -0.15) is 0 Å². The van der Waals surface area contributed by atoms with Crippen molar-refractivity contribution in [1.29, 1.82) is 0 Å². The van der Waals surface area contributed by atoms with Crippen LogP contribution in [-0.4, -0.2) is 18.5 Å². The molecule has 0 aliphatic carbocycles. The molecule has 0 aromatic carbocycles. The fourth-order valence-electron chi connectivity index (χ4n) is 1.75. The lowest BCUT2D eigenvalue weighted by atomic mass is 9.87. The first-order valence-corrected chi connectivity index (χ1v) is 7.28. The van der Waals surface area contributed by atoms with Crippen molar-refractivity contribution in [3.8, 4) is 0 Å². The summed E-state index contributed by atoms with van der Waals surface area (Å²) < 4.78 is 0. The van der Waals surface area contributed by atoms with Crippen molar-refractivity contribution >= 4 is 5.91 Å². The Morgan fingerprint density at radius 2 is 1.67 bits per heavy atom. The van der Waals surface area contributed by atoms with Gasteiger partial charge in [-0.1, -0.05) is 60.3 Å². The standard InChI is InChI=1S/C15H32N2O/c1-12(2)10-8-6-7-9-11-17-14(18)13(16)15(3,4)5/h12-13H,6-11,16H2,1-5H3,(H,17,18)/t13-/m1/s1. The quantitative estimate of drug-likeness (QED) is 0.656. The molecule has 108 valence electrons. The molecule has 0 radical (unpaired) electrons. The van der Waals surface area contributed by atoms with E-state index in [1.54, 1.807) is 0 Å². The highest BCUT2D eigenvalue weighted by Gasteiger charge is 2.26. The van der Waals surface area contributed by atoms with Crippen molar-refractivity contribution in [3.05, 3.63) is 0 Å². The summed E-state index contributed by atoms with van der Waals surface area (Å²) in [5.74, 6) is 0.777. The minimum atomic E-state index is -0.418. The van der Waals surface area contributed by atoms with E-state index >= 15 is 0 Å². The van der Waals surface area contributed by atoms with Crippen molar-refractivity contribution in [2.75, 3.05) is 6.54 Å². The topological polar surface area (TPSA) is 55.1 Å². The maximum Gasteiger partial charge on any atom is 0.237 e. The van der Waals surface area contributed by atoms with Crippen LogP contribution < -0.4 is 11.1 Å². The van der Waals surface area contributed by atoms with Crippen LogP contribution in [-0.2, 0) is 4.79 Å². The maximum atomic E-state index is 11.7. The number of amides is 1. The summed E-state index contributed by atoms with van der Waals surface area (Å²) in [5.41, 5.74) is 5.71. The summed E-state index contributed by atoms with van der Waals surface area (Å²) in [7, 11) is 0. The second-order valence-electron chi connectivity index (χ2n) is 6.73. The molecule has 0 bridgehead atoms. The van der Waals surface area contributed by atoms with Gasteiger partial charge in [0, 0.05) is 6.54 Å². The summed E-state index contributed by atoms with van der Waals surface area (Å²) in [4.78, 5) is 11.7. The van der Waals surface area contributed by atoms with E-state index in [0.717, 1.165) is 18.9 Å². The van der Waals surface area contributed by atoms with E-state index in [9.17, 15) is 4.79 Å². The maximum absolute atomic E-state index is 11.7. The van der Waals surface area contributed by atoms with Crippen LogP contribution >= 0.6 is 0 Å². The van der Waals surface area contributed by atoms with Gasteiger partial charge >= 0.3 is 0 Å². The Bertz CT molecular complexity index is 231. The van der Waals surface area contributed by atoms with Crippen molar-refractivity contribution in [2.24, 2.45) is 17.1 Å².